The second kappa shape index (κ2) is 9.85. The second-order valence-corrected chi connectivity index (χ2v) is 11.1. The minimum Gasteiger partial charge on any atom is -0.348 e. The van der Waals surface area contributed by atoms with Gasteiger partial charge in [-0.15, -0.1) is 0 Å². The van der Waals surface area contributed by atoms with Crippen molar-refractivity contribution in [1.29, 1.82) is 0 Å². The number of hydrogen-bond acceptors (Lipinski definition) is 5. The van der Waals surface area contributed by atoms with E-state index in [1.54, 1.807) is 63.7 Å². The first-order chi connectivity index (χ1) is 16.5. The summed E-state index contributed by atoms with van der Waals surface area (Å²) in [5.74, 6) is -0.192. The van der Waals surface area contributed by atoms with Gasteiger partial charge in [0.1, 0.15) is 5.65 Å². The molecule has 0 atom stereocenters. The predicted molar refractivity (Wildman–Crippen MR) is 130 cm³/mol. The Balaban J connectivity index is 1.16. The third kappa shape index (κ3) is 4.87. The van der Waals surface area contributed by atoms with E-state index in [1.807, 2.05) is 0 Å². The summed E-state index contributed by atoms with van der Waals surface area (Å²) in [4.78, 5) is 19.5. The molecule has 2 fully saturated rings. The number of sulfonamides is 1. The van der Waals surface area contributed by atoms with E-state index < -0.39 is 10.0 Å². The van der Waals surface area contributed by atoms with Crippen LogP contribution in [0, 0.1) is 0 Å². The van der Waals surface area contributed by atoms with Crippen molar-refractivity contribution in [3.63, 3.8) is 0 Å². The van der Waals surface area contributed by atoms with Gasteiger partial charge in [0, 0.05) is 57.4 Å². The number of piperazine rings is 1. The second-order valence-electron chi connectivity index (χ2n) is 9.17. The maximum atomic E-state index is 13.1. The van der Waals surface area contributed by atoms with Gasteiger partial charge in [0.25, 0.3) is 5.91 Å². The summed E-state index contributed by atoms with van der Waals surface area (Å²) in [6.45, 7) is 3.01. The SMILES string of the molecule is O=C(NCc1ccc(S(=O)(=O)N2CCN(C3CCCCC3)CC2)cc1)c1ccc2nccn2c1. The summed E-state index contributed by atoms with van der Waals surface area (Å²) >= 11 is 0. The van der Waals surface area contributed by atoms with Gasteiger partial charge >= 0.3 is 0 Å². The lowest BCUT2D eigenvalue weighted by atomic mass is 9.94. The summed E-state index contributed by atoms with van der Waals surface area (Å²) in [7, 11) is -3.51. The molecule has 2 aliphatic rings. The average molecular weight is 482 g/mol. The van der Waals surface area contributed by atoms with Crippen LogP contribution in [0.4, 0.5) is 0 Å². The number of amides is 1. The third-order valence-corrected chi connectivity index (χ3v) is 8.94. The van der Waals surface area contributed by atoms with Gasteiger partial charge in [-0.1, -0.05) is 31.4 Å². The fourth-order valence-corrected chi connectivity index (χ4v) is 6.44. The summed E-state index contributed by atoms with van der Waals surface area (Å²) < 4.78 is 29.7. The number of carbonyl (C=O) groups is 1. The molecule has 1 saturated carbocycles. The van der Waals surface area contributed by atoms with Crippen LogP contribution in [0.3, 0.4) is 0 Å². The van der Waals surface area contributed by atoms with Gasteiger partial charge in [-0.25, -0.2) is 13.4 Å². The molecule has 9 heteroatoms. The molecule has 0 unspecified atom stereocenters. The number of fused-ring (bicyclic) bond motifs is 1. The molecule has 5 rings (SSSR count). The lowest BCUT2D eigenvalue weighted by molar-refractivity contribution is 0.0950. The Labute approximate surface area is 200 Å². The lowest BCUT2D eigenvalue weighted by Gasteiger charge is -2.40. The molecule has 0 bridgehead atoms. The van der Waals surface area contributed by atoms with Crippen LogP contribution in [0.15, 0.2) is 59.9 Å². The van der Waals surface area contributed by atoms with Crippen molar-refractivity contribution >= 4 is 21.6 Å². The Morgan fingerprint density at radius 1 is 0.971 bits per heavy atom. The normalized spacial score (nSPS) is 18.8. The summed E-state index contributed by atoms with van der Waals surface area (Å²) in [5.41, 5.74) is 2.17. The molecule has 180 valence electrons. The van der Waals surface area contributed by atoms with E-state index >= 15 is 0 Å². The van der Waals surface area contributed by atoms with Gasteiger partial charge in [0.2, 0.25) is 10.0 Å². The number of nitrogens with zero attached hydrogens (tertiary/aromatic N) is 4. The topological polar surface area (TPSA) is 87.0 Å². The smallest absolute Gasteiger partial charge is 0.253 e. The monoisotopic (exact) mass is 481 g/mol. The molecule has 1 aromatic carbocycles. The molecule has 34 heavy (non-hydrogen) atoms. The van der Waals surface area contributed by atoms with Crippen LogP contribution in [0.25, 0.3) is 5.65 Å². The van der Waals surface area contributed by atoms with Crippen molar-refractivity contribution in [2.24, 2.45) is 0 Å². The molecule has 3 heterocycles. The molecule has 1 amide bonds. The number of aromatic nitrogens is 2. The van der Waals surface area contributed by atoms with Crippen LogP contribution >= 0.6 is 0 Å². The Bertz CT molecular complexity index is 1240. The highest BCUT2D eigenvalue weighted by Gasteiger charge is 2.31. The van der Waals surface area contributed by atoms with Crippen LogP contribution < -0.4 is 5.32 Å². The van der Waals surface area contributed by atoms with Gasteiger partial charge in [0.15, 0.2) is 0 Å². The number of imidazole rings is 1. The number of pyridine rings is 1. The molecule has 3 aromatic rings. The first-order valence-electron chi connectivity index (χ1n) is 12.0. The highest BCUT2D eigenvalue weighted by molar-refractivity contribution is 7.89. The lowest BCUT2D eigenvalue weighted by Crippen LogP contribution is -2.52. The van der Waals surface area contributed by atoms with Crippen molar-refractivity contribution in [2.45, 2.75) is 49.6 Å². The number of hydrogen-bond donors (Lipinski definition) is 1. The Morgan fingerprint density at radius 2 is 1.71 bits per heavy atom. The maximum Gasteiger partial charge on any atom is 0.253 e. The zero-order valence-electron chi connectivity index (χ0n) is 19.3. The molecule has 2 aromatic heterocycles. The van der Waals surface area contributed by atoms with Gasteiger partial charge in [-0.05, 0) is 42.7 Å². The van der Waals surface area contributed by atoms with Crippen molar-refractivity contribution < 1.29 is 13.2 Å². The quantitative estimate of drug-likeness (QED) is 0.585. The van der Waals surface area contributed by atoms with Crippen molar-refractivity contribution in [3.8, 4) is 0 Å². The minimum atomic E-state index is -3.51. The highest BCUT2D eigenvalue weighted by Crippen LogP contribution is 2.25. The third-order valence-electron chi connectivity index (χ3n) is 7.03. The zero-order chi connectivity index (χ0) is 23.5. The number of benzene rings is 1. The van der Waals surface area contributed by atoms with Gasteiger partial charge in [-0.3, -0.25) is 9.69 Å². The molecule has 1 saturated heterocycles. The van der Waals surface area contributed by atoms with Crippen LogP contribution in [0.1, 0.15) is 48.0 Å². The van der Waals surface area contributed by atoms with Crippen LogP contribution in [0.2, 0.25) is 0 Å². The van der Waals surface area contributed by atoms with Crippen LogP contribution in [-0.2, 0) is 16.6 Å². The molecule has 1 aliphatic carbocycles. The number of carbonyl (C=O) groups excluding carboxylic acids is 1. The number of rotatable bonds is 6. The predicted octanol–water partition coefficient (Wildman–Crippen LogP) is 2.90. The largest absolute Gasteiger partial charge is 0.348 e. The van der Waals surface area contributed by atoms with Crippen molar-refractivity contribution in [1.82, 2.24) is 23.9 Å². The van der Waals surface area contributed by atoms with E-state index in [1.165, 1.54) is 32.1 Å². The van der Waals surface area contributed by atoms with E-state index in [0.717, 1.165) is 24.3 Å². The number of nitrogens with one attached hydrogen (secondary N) is 1. The summed E-state index contributed by atoms with van der Waals surface area (Å²) in [5, 5.41) is 2.89. The molecular formula is C25H31N5O3S. The van der Waals surface area contributed by atoms with E-state index in [0.29, 0.717) is 36.1 Å². The van der Waals surface area contributed by atoms with Gasteiger partial charge in [-0.2, -0.15) is 4.31 Å². The zero-order valence-corrected chi connectivity index (χ0v) is 20.1. The first-order valence-corrected chi connectivity index (χ1v) is 13.5. The van der Waals surface area contributed by atoms with Crippen LogP contribution in [-0.4, -0.2) is 65.1 Å². The molecule has 8 nitrogen and oxygen atoms in total. The Kier molecular flexibility index (Phi) is 6.67. The minimum absolute atomic E-state index is 0.192. The van der Waals surface area contributed by atoms with E-state index in [9.17, 15) is 13.2 Å². The van der Waals surface area contributed by atoms with E-state index in [-0.39, 0.29) is 5.91 Å². The maximum absolute atomic E-state index is 13.1. The van der Waals surface area contributed by atoms with Crippen LogP contribution in [0.5, 0.6) is 0 Å². The molecule has 0 spiro atoms. The fourth-order valence-electron chi connectivity index (χ4n) is 5.02. The molecule has 1 N–H and O–H groups in total. The Hall–Kier alpha value is -2.75. The first kappa shape index (κ1) is 23.0. The summed E-state index contributed by atoms with van der Waals surface area (Å²) in [6.07, 6.45) is 11.6. The molecule has 0 radical (unpaired) electrons. The van der Waals surface area contributed by atoms with Gasteiger partial charge < -0.3 is 9.72 Å². The fraction of sp³-hybridized carbons (Fsp3) is 0.440. The molecule has 1 aliphatic heterocycles. The van der Waals surface area contributed by atoms with Crippen molar-refractivity contribution in [2.75, 3.05) is 26.2 Å². The molecular weight excluding hydrogens is 450 g/mol. The van der Waals surface area contributed by atoms with Gasteiger partial charge in [0.05, 0.1) is 10.5 Å². The van der Waals surface area contributed by atoms with Crippen molar-refractivity contribution in [3.05, 3.63) is 66.1 Å². The average Bonchev–Trinajstić information content (AvgIpc) is 3.36. The summed E-state index contributed by atoms with van der Waals surface area (Å²) in [6, 6.07) is 11.0. The Morgan fingerprint density at radius 3 is 2.44 bits per heavy atom. The standard InChI is InChI=1S/C25H31N5O3S/c31-25(21-8-11-24-26-12-13-29(24)19-21)27-18-20-6-9-23(10-7-20)34(32,33)30-16-14-28(15-17-30)22-4-2-1-3-5-22/h6-13,19,22H,1-5,14-18H2,(H,27,31). The van der Waals surface area contributed by atoms with E-state index in [2.05, 4.69) is 15.2 Å². The highest BCUT2D eigenvalue weighted by atomic mass is 32.2. The van der Waals surface area contributed by atoms with E-state index in [4.69, 9.17) is 0 Å².